The number of fused-ring (bicyclic) bond motifs is 1. The van der Waals surface area contributed by atoms with Gasteiger partial charge in [-0.1, -0.05) is 6.07 Å². The summed E-state index contributed by atoms with van der Waals surface area (Å²) in [6.07, 6.45) is -0.00176. The molecule has 0 unspecified atom stereocenters. The first kappa shape index (κ1) is 22.5. The van der Waals surface area contributed by atoms with E-state index in [0.717, 1.165) is 0 Å². The van der Waals surface area contributed by atoms with E-state index in [4.69, 9.17) is 13.9 Å². The number of esters is 1. The molecule has 2 aromatic carbocycles. The highest BCUT2D eigenvalue weighted by Gasteiger charge is 2.24. The summed E-state index contributed by atoms with van der Waals surface area (Å²) in [4.78, 5) is 48.5. The lowest BCUT2D eigenvalue weighted by atomic mass is 10.0. The third-order valence-corrected chi connectivity index (χ3v) is 4.70. The van der Waals surface area contributed by atoms with Gasteiger partial charge >= 0.3 is 11.6 Å². The summed E-state index contributed by atoms with van der Waals surface area (Å²) in [6.45, 7) is 1.36. The van der Waals surface area contributed by atoms with Gasteiger partial charge in [-0.05, 0) is 35.9 Å². The van der Waals surface area contributed by atoms with Gasteiger partial charge in [-0.25, -0.2) is 9.59 Å². The van der Waals surface area contributed by atoms with Crippen LogP contribution in [-0.4, -0.2) is 38.0 Å². The molecule has 1 heterocycles. The smallest absolute Gasteiger partial charge is 0.336 e. The molecule has 2 N–H and O–H groups in total. The monoisotopic (exact) mass is 438 g/mol. The lowest BCUT2D eigenvalue weighted by Crippen LogP contribution is -2.43. The Bertz CT molecular complexity index is 1230. The van der Waals surface area contributed by atoms with Crippen molar-refractivity contribution >= 4 is 34.4 Å². The normalized spacial score (nSPS) is 11.5. The van der Waals surface area contributed by atoms with E-state index in [1.54, 1.807) is 36.4 Å². The van der Waals surface area contributed by atoms with Crippen LogP contribution >= 0.6 is 0 Å². The van der Waals surface area contributed by atoms with Crippen molar-refractivity contribution in [2.45, 2.75) is 19.4 Å². The highest BCUT2D eigenvalue weighted by Crippen LogP contribution is 2.23. The van der Waals surface area contributed by atoms with Crippen molar-refractivity contribution < 1.29 is 28.3 Å². The van der Waals surface area contributed by atoms with Crippen LogP contribution in [0.5, 0.6) is 5.75 Å². The Morgan fingerprint density at radius 3 is 2.53 bits per heavy atom. The molecule has 0 radical (unpaired) electrons. The van der Waals surface area contributed by atoms with Crippen molar-refractivity contribution in [3.8, 4) is 5.75 Å². The first-order valence-corrected chi connectivity index (χ1v) is 9.68. The second-order valence-corrected chi connectivity index (χ2v) is 6.97. The number of hydrogen-bond donors (Lipinski definition) is 2. The third-order valence-electron chi connectivity index (χ3n) is 4.70. The number of methoxy groups -OCH3 is 2. The summed E-state index contributed by atoms with van der Waals surface area (Å²) in [5.74, 6) is -0.983. The number of benzene rings is 2. The number of nitrogens with one attached hydrogen (secondary N) is 2. The van der Waals surface area contributed by atoms with E-state index in [1.165, 1.54) is 33.3 Å². The Hall–Kier alpha value is -4.14. The molecule has 0 saturated heterocycles. The molecule has 3 aromatic rings. The van der Waals surface area contributed by atoms with Gasteiger partial charge in [0.2, 0.25) is 5.91 Å². The number of hydrogen-bond acceptors (Lipinski definition) is 7. The molecule has 9 heteroatoms. The molecule has 0 aliphatic rings. The van der Waals surface area contributed by atoms with Crippen LogP contribution in [0.3, 0.4) is 0 Å². The summed E-state index contributed by atoms with van der Waals surface area (Å²) in [6, 6.07) is 11.5. The Balaban J connectivity index is 1.90. The standard InChI is InChI=1S/C23H22N2O7/c1-13(26)24-16-6-4-5-14(9-16)22(28)25-19(23(29)31-3)10-15-11-21(27)32-20-12-17(30-2)7-8-18(15)20/h4-9,11-12,19H,10H2,1-3H3,(H,24,26)(H,25,28)/t19-/m1/s1. The maximum Gasteiger partial charge on any atom is 0.336 e. The topological polar surface area (TPSA) is 124 Å². The number of rotatable bonds is 7. The van der Waals surface area contributed by atoms with Crippen molar-refractivity contribution in [2.24, 2.45) is 0 Å². The second-order valence-electron chi connectivity index (χ2n) is 6.97. The number of carbonyl (C=O) groups is 3. The molecule has 9 nitrogen and oxygen atoms in total. The molecule has 0 fully saturated rings. The minimum Gasteiger partial charge on any atom is -0.497 e. The van der Waals surface area contributed by atoms with Crippen LogP contribution in [0.15, 0.2) is 57.7 Å². The molecule has 1 atom stereocenters. The van der Waals surface area contributed by atoms with Gasteiger partial charge in [0.1, 0.15) is 17.4 Å². The van der Waals surface area contributed by atoms with Gasteiger partial charge in [0.15, 0.2) is 0 Å². The van der Waals surface area contributed by atoms with Crippen LogP contribution in [0.4, 0.5) is 5.69 Å². The lowest BCUT2D eigenvalue weighted by Gasteiger charge is -2.18. The average Bonchev–Trinajstić information content (AvgIpc) is 2.77. The van der Waals surface area contributed by atoms with Crippen LogP contribution in [0, 0.1) is 0 Å². The SMILES string of the molecule is COC(=O)[C@@H](Cc1cc(=O)oc2cc(OC)ccc12)NC(=O)c1cccc(NC(C)=O)c1. The van der Waals surface area contributed by atoms with Crippen LogP contribution in [-0.2, 0) is 20.7 Å². The Labute approximate surface area is 183 Å². The molecule has 3 rings (SSSR count). The zero-order chi connectivity index (χ0) is 23.3. The zero-order valence-electron chi connectivity index (χ0n) is 17.8. The number of anilines is 1. The summed E-state index contributed by atoms with van der Waals surface area (Å²) < 4.78 is 15.2. The first-order chi connectivity index (χ1) is 15.3. The molecule has 2 amide bonds. The van der Waals surface area contributed by atoms with Gasteiger partial charge in [-0.3, -0.25) is 9.59 Å². The molecule has 0 aliphatic heterocycles. The molecule has 166 valence electrons. The van der Waals surface area contributed by atoms with E-state index < -0.39 is 23.5 Å². The van der Waals surface area contributed by atoms with Gasteiger partial charge in [0.05, 0.1) is 14.2 Å². The second kappa shape index (κ2) is 9.78. The predicted molar refractivity (Wildman–Crippen MR) is 117 cm³/mol. The summed E-state index contributed by atoms with van der Waals surface area (Å²) in [5, 5.41) is 5.83. The van der Waals surface area contributed by atoms with Crippen LogP contribution < -0.4 is 21.0 Å². The Kier molecular flexibility index (Phi) is 6.89. The van der Waals surface area contributed by atoms with Crippen molar-refractivity contribution in [2.75, 3.05) is 19.5 Å². The minimum atomic E-state index is -1.07. The van der Waals surface area contributed by atoms with E-state index in [0.29, 0.717) is 28.0 Å². The number of carbonyl (C=O) groups excluding carboxylic acids is 3. The molecular weight excluding hydrogens is 416 g/mol. The van der Waals surface area contributed by atoms with Gasteiger partial charge in [0.25, 0.3) is 5.91 Å². The van der Waals surface area contributed by atoms with Crippen LogP contribution in [0.25, 0.3) is 11.0 Å². The van der Waals surface area contributed by atoms with E-state index in [9.17, 15) is 19.2 Å². The average molecular weight is 438 g/mol. The summed E-state index contributed by atoms with van der Waals surface area (Å²) >= 11 is 0. The molecule has 0 spiro atoms. The van der Waals surface area contributed by atoms with Crippen LogP contribution in [0.2, 0.25) is 0 Å². The largest absolute Gasteiger partial charge is 0.497 e. The summed E-state index contributed by atoms with van der Waals surface area (Å²) in [5.41, 5.74) is 0.887. The lowest BCUT2D eigenvalue weighted by molar-refractivity contribution is -0.142. The van der Waals surface area contributed by atoms with E-state index in [2.05, 4.69) is 10.6 Å². The molecular formula is C23H22N2O7. The Morgan fingerprint density at radius 2 is 1.84 bits per heavy atom. The fourth-order valence-electron chi connectivity index (χ4n) is 3.24. The molecule has 32 heavy (non-hydrogen) atoms. The minimum absolute atomic E-state index is 0.00176. The third kappa shape index (κ3) is 5.31. The quantitative estimate of drug-likeness (QED) is 0.428. The predicted octanol–water partition coefficient (Wildman–Crippen LogP) is 2.27. The van der Waals surface area contributed by atoms with Crippen LogP contribution in [0.1, 0.15) is 22.8 Å². The first-order valence-electron chi connectivity index (χ1n) is 9.68. The fraction of sp³-hybridized carbons (Fsp3) is 0.217. The van der Waals surface area contributed by atoms with Crippen molar-refractivity contribution in [1.29, 1.82) is 0 Å². The van der Waals surface area contributed by atoms with Crippen molar-refractivity contribution in [3.63, 3.8) is 0 Å². The highest BCUT2D eigenvalue weighted by atomic mass is 16.5. The van der Waals surface area contributed by atoms with Gasteiger partial charge < -0.3 is 24.5 Å². The molecule has 0 aliphatic carbocycles. The van der Waals surface area contributed by atoms with Crippen molar-refractivity contribution in [3.05, 3.63) is 70.1 Å². The zero-order valence-corrected chi connectivity index (χ0v) is 17.8. The van der Waals surface area contributed by atoms with Gasteiger partial charge in [-0.2, -0.15) is 0 Å². The van der Waals surface area contributed by atoms with Gasteiger partial charge in [-0.15, -0.1) is 0 Å². The molecule has 0 bridgehead atoms. The summed E-state index contributed by atoms with van der Waals surface area (Å²) in [7, 11) is 2.70. The van der Waals surface area contributed by atoms with Gasteiger partial charge in [0, 0.05) is 42.1 Å². The maximum absolute atomic E-state index is 12.8. The number of ether oxygens (including phenoxy) is 2. The van der Waals surface area contributed by atoms with Crippen molar-refractivity contribution in [1.82, 2.24) is 5.32 Å². The van der Waals surface area contributed by atoms with E-state index in [-0.39, 0.29) is 17.9 Å². The Morgan fingerprint density at radius 1 is 1.06 bits per heavy atom. The van der Waals surface area contributed by atoms with E-state index >= 15 is 0 Å². The van der Waals surface area contributed by atoms with E-state index in [1.807, 2.05) is 0 Å². The molecule has 1 aromatic heterocycles. The molecule has 0 saturated carbocycles. The maximum atomic E-state index is 12.8. The highest BCUT2D eigenvalue weighted by molar-refractivity contribution is 5.99. The fourth-order valence-corrected chi connectivity index (χ4v) is 3.24. The number of amides is 2.